The van der Waals surface area contributed by atoms with Crippen LogP contribution in [0.2, 0.25) is 4.34 Å². The summed E-state index contributed by atoms with van der Waals surface area (Å²) < 4.78 is 0.522. The summed E-state index contributed by atoms with van der Waals surface area (Å²) in [7, 11) is 5.33. The van der Waals surface area contributed by atoms with Gasteiger partial charge in [0.2, 0.25) is 0 Å². The summed E-state index contributed by atoms with van der Waals surface area (Å²) >= 11 is 8.48. The SMILES string of the molecule is CN1CCc2nc(C(=O)Nc3c(CNC(=O)c4ccc(Cl)s4)cccc3C(=O)N(C)C)sc2C1.Cl. The van der Waals surface area contributed by atoms with E-state index in [1.807, 2.05) is 7.05 Å². The molecule has 3 amide bonds. The monoisotopic (exact) mass is 553 g/mol. The van der Waals surface area contributed by atoms with Gasteiger partial charge in [-0.3, -0.25) is 14.4 Å². The molecule has 12 heteroatoms. The maximum Gasteiger partial charge on any atom is 0.284 e. The minimum Gasteiger partial charge on any atom is -0.347 e. The molecule has 0 spiro atoms. The van der Waals surface area contributed by atoms with Gasteiger partial charge in [-0.1, -0.05) is 23.7 Å². The zero-order valence-electron chi connectivity index (χ0n) is 19.4. The first kappa shape index (κ1) is 27.1. The zero-order valence-corrected chi connectivity index (χ0v) is 22.6. The van der Waals surface area contributed by atoms with Crippen LogP contribution in [0.5, 0.6) is 0 Å². The lowest BCUT2D eigenvalue weighted by Gasteiger charge is -2.20. The van der Waals surface area contributed by atoms with Crippen molar-refractivity contribution >= 4 is 70.1 Å². The first-order valence-corrected chi connectivity index (χ1v) is 12.6. The Hall–Kier alpha value is -2.50. The van der Waals surface area contributed by atoms with Crippen LogP contribution in [0.15, 0.2) is 30.3 Å². The Kier molecular flexibility index (Phi) is 8.89. The molecule has 0 atom stereocenters. The lowest BCUT2D eigenvalue weighted by atomic mass is 10.1. The molecule has 1 aromatic carbocycles. The third-order valence-corrected chi connectivity index (χ3v) is 7.69. The molecule has 2 N–H and O–H groups in total. The third-order valence-electron chi connectivity index (χ3n) is 5.38. The second-order valence-electron chi connectivity index (χ2n) is 8.16. The minimum atomic E-state index is -0.376. The second-order valence-corrected chi connectivity index (χ2v) is 11.0. The number of aromatic nitrogens is 1. The van der Waals surface area contributed by atoms with Gasteiger partial charge in [-0.05, 0) is 30.8 Å². The molecule has 2 aromatic heterocycles. The number of carbonyl (C=O) groups excluding carboxylic acids is 3. The molecule has 4 rings (SSSR count). The van der Waals surface area contributed by atoms with Crippen LogP contribution in [0.25, 0.3) is 0 Å². The maximum absolute atomic E-state index is 13.2. The van der Waals surface area contributed by atoms with Gasteiger partial charge in [0.1, 0.15) is 0 Å². The lowest BCUT2D eigenvalue weighted by molar-refractivity contribution is 0.0828. The maximum atomic E-state index is 13.2. The molecule has 0 fully saturated rings. The largest absolute Gasteiger partial charge is 0.347 e. The molecular formula is C23H25Cl2N5O3S2. The molecule has 0 unspecified atom stereocenters. The van der Waals surface area contributed by atoms with E-state index in [1.54, 1.807) is 44.4 Å². The van der Waals surface area contributed by atoms with E-state index in [4.69, 9.17) is 11.6 Å². The van der Waals surface area contributed by atoms with Gasteiger partial charge in [0.15, 0.2) is 5.01 Å². The van der Waals surface area contributed by atoms with E-state index in [9.17, 15) is 14.4 Å². The van der Waals surface area contributed by atoms with E-state index in [1.165, 1.54) is 27.6 Å². The number of benzene rings is 1. The van der Waals surface area contributed by atoms with E-state index in [-0.39, 0.29) is 36.7 Å². The molecule has 1 aliphatic heterocycles. The molecule has 35 heavy (non-hydrogen) atoms. The first-order valence-electron chi connectivity index (χ1n) is 10.6. The van der Waals surface area contributed by atoms with E-state index in [0.717, 1.165) is 30.1 Å². The Bertz CT molecular complexity index is 1260. The number of halogens is 2. The summed E-state index contributed by atoms with van der Waals surface area (Å²) in [5, 5.41) is 6.09. The summed E-state index contributed by atoms with van der Waals surface area (Å²) in [5.74, 6) is -0.914. The van der Waals surface area contributed by atoms with Gasteiger partial charge >= 0.3 is 0 Å². The molecule has 0 radical (unpaired) electrons. The van der Waals surface area contributed by atoms with Crippen LogP contribution in [0.1, 0.15) is 46.0 Å². The molecule has 8 nitrogen and oxygen atoms in total. The fourth-order valence-corrected chi connectivity index (χ4v) is 5.64. The summed E-state index contributed by atoms with van der Waals surface area (Å²) in [6.07, 6.45) is 0.801. The number of para-hydroxylation sites is 1. The van der Waals surface area contributed by atoms with Gasteiger partial charge in [0.25, 0.3) is 17.7 Å². The number of thiazole rings is 1. The molecular weight excluding hydrogens is 529 g/mol. The van der Waals surface area contributed by atoms with Gasteiger partial charge in [0, 0.05) is 45.0 Å². The fourth-order valence-electron chi connectivity index (χ4n) is 3.60. The Morgan fingerprint density at radius 1 is 1.14 bits per heavy atom. The van der Waals surface area contributed by atoms with Crippen LogP contribution in [0.3, 0.4) is 0 Å². The number of fused-ring (bicyclic) bond motifs is 1. The fraction of sp³-hybridized carbons (Fsp3) is 0.304. The Labute approximate surface area is 222 Å². The van der Waals surface area contributed by atoms with Crippen molar-refractivity contribution in [1.29, 1.82) is 0 Å². The van der Waals surface area contributed by atoms with Gasteiger partial charge in [-0.2, -0.15) is 0 Å². The van der Waals surface area contributed by atoms with Crippen LogP contribution in [-0.2, 0) is 19.5 Å². The van der Waals surface area contributed by atoms with Crippen molar-refractivity contribution in [3.63, 3.8) is 0 Å². The molecule has 3 heterocycles. The lowest BCUT2D eigenvalue weighted by Crippen LogP contribution is -2.27. The number of nitrogens with zero attached hydrogens (tertiary/aromatic N) is 3. The number of carbonyl (C=O) groups is 3. The molecule has 0 saturated carbocycles. The van der Waals surface area contributed by atoms with Crippen molar-refractivity contribution in [3.8, 4) is 0 Å². The second kappa shape index (κ2) is 11.5. The van der Waals surface area contributed by atoms with Crippen LogP contribution < -0.4 is 10.6 Å². The smallest absolute Gasteiger partial charge is 0.284 e. The highest BCUT2D eigenvalue weighted by atomic mass is 35.5. The molecule has 1 aliphatic rings. The standard InChI is InChI=1S/C23H24ClN5O3S2.ClH/c1-28(2)23(32)14-6-4-5-13(11-25-20(30)16-7-8-18(24)33-16)19(14)27-21(31)22-26-15-9-10-29(3)12-17(15)34-22;/h4-8H,9-12H2,1-3H3,(H,25,30)(H,27,31);1H. The third kappa shape index (κ3) is 6.20. The number of nitrogens with one attached hydrogen (secondary N) is 2. The van der Waals surface area contributed by atoms with Crippen molar-refractivity contribution in [2.75, 3.05) is 33.0 Å². The van der Waals surface area contributed by atoms with Gasteiger partial charge in [-0.15, -0.1) is 35.1 Å². The minimum absolute atomic E-state index is 0. The highest BCUT2D eigenvalue weighted by molar-refractivity contribution is 7.18. The molecule has 0 aliphatic carbocycles. The average molecular weight is 555 g/mol. The topological polar surface area (TPSA) is 94.6 Å². The number of rotatable bonds is 6. The van der Waals surface area contributed by atoms with Crippen molar-refractivity contribution in [1.82, 2.24) is 20.1 Å². The van der Waals surface area contributed by atoms with Crippen LogP contribution in [-0.4, -0.2) is 60.2 Å². The molecule has 0 saturated heterocycles. The van der Waals surface area contributed by atoms with Crippen molar-refractivity contribution < 1.29 is 14.4 Å². The number of amides is 3. The Morgan fingerprint density at radius 3 is 2.60 bits per heavy atom. The average Bonchev–Trinajstić information content (AvgIpc) is 3.43. The summed E-state index contributed by atoms with van der Waals surface area (Å²) in [5.41, 5.74) is 2.26. The van der Waals surface area contributed by atoms with E-state index in [0.29, 0.717) is 31.0 Å². The summed E-state index contributed by atoms with van der Waals surface area (Å²) in [6.45, 7) is 1.79. The van der Waals surface area contributed by atoms with Crippen LogP contribution in [0, 0.1) is 0 Å². The predicted octanol–water partition coefficient (Wildman–Crippen LogP) is 4.15. The highest BCUT2D eigenvalue weighted by Crippen LogP contribution is 2.28. The van der Waals surface area contributed by atoms with Crippen molar-refractivity contribution in [2.24, 2.45) is 0 Å². The predicted molar refractivity (Wildman–Crippen MR) is 142 cm³/mol. The molecule has 186 valence electrons. The highest BCUT2D eigenvalue weighted by Gasteiger charge is 2.24. The summed E-state index contributed by atoms with van der Waals surface area (Å²) in [4.78, 5) is 48.3. The van der Waals surface area contributed by atoms with Crippen molar-refractivity contribution in [3.05, 3.63) is 66.3 Å². The number of likely N-dealkylation sites (N-methyl/N-ethyl adjacent to an activating group) is 1. The van der Waals surface area contributed by atoms with Crippen LogP contribution >= 0.6 is 46.7 Å². The van der Waals surface area contributed by atoms with Crippen LogP contribution in [0.4, 0.5) is 5.69 Å². The number of anilines is 1. The van der Waals surface area contributed by atoms with Crippen molar-refractivity contribution in [2.45, 2.75) is 19.5 Å². The number of hydrogen-bond donors (Lipinski definition) is 2. The van der Waals surface area contributed by atoms with E-state index >= 15 is 0 Å². The molecule has 0 bridgehead atoms. The number of hydrogen-bond acceptors (Lipinski definition) is 7. The quantitative estimate of drug-likeness (QED) is 0.478. The van der Waals surface area contributed by atoms with E-state index in [2.05, 4.69) is 20.5 Å². The van der Waals surface area contributed by atoms with Gasteiger partial charge in [-0.25, -0.2) is 4.98 Å². The van der Waals surface area contributed by atoms with Gasteiger partial charge in [0.05, 0.1) is 26.2 Å². The Morgan fingerprint density at radius 2 is 1.91 bits per heavy atom. The van der Waals surface area contributed by atoms with Gasteiger partial charge < -0.3 is 20.4 Å². The Balaban J connectivity index is 0.00000342. The zero-order chi connectivity index (χ0) is 24.4. The number of thiophene rings is 1. The summed E-state index contributed by atoms with van der Waals surface area (Å²) in [6, 6.07) is 8.47. The normalized spacial score (nSPS) is 12.9. The first-order chi connectivity index (χ1) is 16.2. The molecule has 3 aromatic rings. The van der Waals surface area contributed by atoms with E-state index < -0.39 is 0 Å².